The molecule has 0 saturated carbocycles. The number of amides is 4. The van der Waals surface area contributed by atoms with E-state index in [2.05, 4.69) is 16.0 Å². The van der Waals surface area contributed by atoms with Gasteiger partial charge >= 0.3 is 5.97 Å². The summed E-state index contributed by atoms with van der Waals surface area (Å²) in [5.74, 6) is -2.79. The zero-order valence-electron chi connectivity index (χ0n) is 21.4. The number of phenols is 1. The van der Waals surface area contributed by atoms with E-state index in [0.29, 0.717) is 37.9 Å². The Bertz CT molecular complexity index is 1240. The van der Waals surface area contributed by atoms with Crippen LogP contribution in [0.3, 0.4) is 0 Å². The Balaban J connectivity index is 1.53. The van der Waals surface area contributed by atoms with Gasteiger partial charge in [0.2, 0.25) is 17.9 Å². The van der Waals surface area contributed by atoms with Crippen molar-refractivity contribution in [2.24, 2.45) is 5.92 Å². The van der Waals surface area contributed by atoms with E-state index in [0.717, 1.165) is 0 Å². The molecule has 2 aromatic carbocycles. The number of aliphatic hydroxyl groups excluding tert-OH is 1. The van der Waals surface area contributed by atoms with E-state index in [9.17, 15) is 34.2 Å². The second kappa shape index (κ2) is 13.6. The molecule has 6 N–H and O–H groups in total. The van der Waals surface area contributed by atoms with Gasteiger partial charge in [-0.15, -0.1) is 0 Å². The van der Waals surface area contributed by atoms with Gasteiger partial charge in [0.15, 0.2) is 0 Å². The van der Waals surface area contributed by atoms with Gasteiger partial charge in [0.25, 0.3) is 11.8 Å². The van der Waals surface area contributed by atoms with E-state index in [1.165, 1.54) is 30.3 Å². The van der Waals surface area contributed by atoms with Crippen molar-refractivity contribution in [3.8, 4) is 5.75 Å². The zero-order chi connectivity index (χ0) is 28.5. The van der Waals surface area contributed by atoms with Crippen LogP contribution in [0.15, 0.2) is 42.5 Å². The molecule has 39 heavy (non-hydrogen) atoms. The summed E-state index contributed by atoms with van der Waals surface area (Å²) in [5.41, 5.74) is 0.885. The molecular weight excluding hydrogens is 528 g/mol. The van der Waals surface area contributed by atoms with E-state index in [1.807, 2.05) is 0 Å². The van der Waals surface area contributed by atoms with Crippen molar-refractivity contribution in [2.45, 2.75) is 38.8 Å². The van der Waals surface area contributed by atoms with Crippen molar-refractivity contribution < 1.29 is 34.2 Å². The highest BCUT2D eigenvalue weighted by atomic mass is 35.5. The Hall–Kier alpha value is -4.12. The number of carbonyl (C=O) groups excluding carboxylic acids is 4. The number of carboxylic acid groups (broad SMARTS) is 1. The zero-order valence-corrected chi connectivity index (χ0v) is 22.2. The molecule has 2 aromatic rings. The van der Waals surface area contributed by atoms with Crippen molar-refractivity contribution in [1.29, 1.82) is 0 Å². The number of halogens is 1. The number of likely N-dealkylation sites (tertiary alicyclic amines) is 1. The molecule has 0 bridgehead atoms. The van der Waals surface area contributed by atoms with Gasteiger partial charge in [-0.2, -0.15) is 0 Å². The molecule has 0 unspecified atom stereocenters. The van der Waals surface area contributed by atoms with E-state index in [1.54, 1.807) is 24.0 Å². The second-order valence-electron chi connectivity index (χ2n) is 9.19. The predicted octanol–water partition coefficient (Wildman–Crippen LogP) is 1.90. The minimum absolute atomic E-state index is 0.00765. The highest BCUT2D eigenvalue weighted by molar-refractivity contribution is 6.34. The summed E-state index contributed by atoms with van der Waals surface area (Å²) in [6.07, 6.45) is 1.39. The highest BCUT2D eigenvalue weighted by Gasteiger charge is 2.31. The van der Waals surface area contributed by atoms with E-state index >= 15 is 0 Å². The average molecular weight is 560 g/mol. The third-order valence-electron chi connectivity index (χ3n) is 6.46. The van der Waals surface area contributed by atoms with Crippen molar-refractivity contribution in [3.63, 3.8) is 0 Å². The van der Waals surface area contributed by atoms with E-state index in [-0.39, 0.29) is 52.7 Å². The van der Waals surface area contributed by atoms with E-state index < -0.39 is 23.8 Å². The number of hydrogen-bond acceptors (Lipinski definition) is 5. The quantitative estimate of drug-likeness (QED) is 0.278. The van der Waals surface area contributed by atoms with Crippen LogP contribution in [0.25, 0.3) is 0 Å². The summed E-state index contributed by atoms with van der Waals surface area (Å²) >= 11 is 6.24. The third kappa shape index (κ3) is 8.18. The number of piperidine rings is 1. The maximum absolute atomic E-state index is 12.8. The number of rotatable bonds is 10. The largest absolute Gasteiger partial charge is 0.508 e. The first-order chi connectivity index (χ1) is 18.6. The van der Waals surface area contributed by atoms with Gasteiger partial charge in [0.05, 0.1) is 17.1 Å². The fraction of sp³-hybridized carbons (Fsp3) is 0.370. The standard InChI is InChI=1S/C27H31ClN4O7/c1-2-23(34)32-10-8-17(9-11-32)24(35)30-15-22(27(38)39)31-26(37)20-7-6-18(13-21(20)28)25(36)29-14-16-4-3-5-19(33)12-16/h3-7,12-13,17,22,33H,2,8-11,14-15H2,1H3,(H,29,36)(H,30,35)(H,31,37)(H,38,39)/p+1/t22-/m0/s1. The minimum Gasteiger partial charge on any atom is -0.508 e. The maximum atomic E-state index is 12.8. The fourth-order valence-corrected chi connectivity index (χ4v) is 4.46. The molecule has 1 heterocycles. The molecule has 0 aromatic heterocycles. The highest BCUT2D eigenvalue weighted by Crippen LogP contribution is 2.20. The number of benzene rings is 2. The number of aromatic hydroxyl groups is 1. The minimum atomic E-state index is -1.30. The summed E-state index contributed by atoms with van der Waals surface area (Å²) < 4.78 is 0. The number of carbonyl (C=O) groups is 4. The smallest absolute Gasteiger partial charge is 0.505 e. The van der Waals surface area contributed by atoms with Crippen molar-refractivity contribution in [3.05, 3.63) is 64.2 Å². The summed E-state index contributed by atoms with van der Waals surface area (Å²) in [6, 6.07) is 9.17. The lowest BCUT2D eigenvalue weighted by Crippen LogP contribution is -2.50. The van der Waals surface area contributed by atoms with Crippen LogP contribution < -0.4 is 16.0 Å². The van der Waals surface area contributed by atoms with Crippen molar-refractivity contribution in [2.75, 3.05) is 19.6 Å². The van der Waals surface area contributed by atoms with Crippen molar-refractivity contribution >= 4 is 41.2 Å². The maximum Gasteiger partial charge on any atom is 0.505 e. The van der Waals surface area contributed by atoms with Crippen LogP contribution in [0.1, 0.15) is 52.5 Å². The predicted molar refractivity (Wildman–Crippen MR) is 144 cm³/mol. The molecule has 4 amide bonds. The topological polar surface area (TPSA) is 169 Å². The molecule has 0 radical (unpaired) electrons. The Kier molecular flexibility index (Phi) is 10.3. The first kappa shape index (κ1) is 29.4. The lowest BCUT2D eigenvalue weighted by atomic mass is 9.95. The van der Waals surface area contributed by atoms with Gasteiger partial charge in [-0.3, -0.25) is 19.2 Å². The van der Waals surface area contributed by atoms with Gasteiger partial charge in [0.1, 0.15) is 5.75 Å². The Morgan fingerprint density at radius 1 is 1.08 bits per heavy atom. The van der Waals surface area contributed by atoms with Crippen LogP contribution >= 0.6 is 11.6 Å². The van der Waals surface area contributed by atoms with Gasteiger partial charge in [-0.05, 0) is 48.7 Å². The van der Waals surface area contributed by atoms with Crippen LogP contribution in [-0.2, 0) is 16.1 Å². The molecule has 11 nitrogen and oxygen atoms in total. The lowest BCUT2D eigenvalue weighted by Gasteiger charge is -2.31. The monoisotopic (exact) mass is 559 g/mol. The third-order valence-corrected chi connectivity index (χ3v) is 6.77. The number of aliphatic carboxylic acids is 1. The fourth-order valence-electron chi connectivity index (χ4n) is 4.20. The van der Waals surface area contributed by atoms with Gasteiger partial charge < -0.3 is 35.9 Å². The van der Waals surface area contributed by atoms with Crippen LogP contribution in [-0.4, -0.2) is 75.2 Å². The average Bonchev–Trinajstić information content (AvgIpc) is 2.93. The van der Waals surface area contributed by atoms with Crippen molar-refractivity contribution in [1.82, 2.24) is 20.9 Å². The van der Waals surface area contributed by atoms with E-state index in [4.69, 9.17) is 11.6 Å². The Morgan fingerprint density at radius 2 is 1.79 bits per heavy atom. The SMILES string of the molecule is CCC(=O)N1CCC(C(=O)NC[C@H](NC(=O)c2ccc(C(=O)NCc3cccc(O)c3)cc2Cl)C(O)=[OH+])CC1. The van der Waals surface area contributed by atoms with Crippen LogP contribution in [0, 0.1) is 5.92 Å². The normalized spacial score (nSPS) is 14.3. The molecule has 1 aliphatic rings. The molecule has 12 heteroatoms. The molecule has 1 fully saturated rings. The molecule has 1 saturated heterocycles. The van der Waals surface area contributed by atoms with Gasteiger partial charge in [0, 0.05) is 37.5 Å². The number of hydrogen-bond donors (Lipinski definition) is 5. The number of phenolic OH excluding ortho intramolecular Hbond substituents is 1. The molecule has 0 aliphatic carbocycles. The number of nitrogens with zero attached hydrogens (tertiary/aromatic N) is 1. The summed E-state index contributed by atoms with van der Waals surface area (Å²) in [6.45, 7) is 2.64. The Labute approximate surface area is 230 Å². The molecule has 1 atom stereocenters. The molecule has 3 rings (SSSR count). The van der Waals surface area contributed by atoms with Crippen LogP contribution in [0.5, 0.6) is 5.75 Å². The number of carboxylic acids is 1. The van der Waals surface area contributed by atoms with Crippen LogP contribution in [0.2, 0.25) is 5.02 Å². The first-order valence-electron chi connectivity index (χ1n) is 12.6. The summed E-state index contributed by atoms with van der Waals surface area (Å²) in [4.78, 5) is 61.0. The molecule has 1 aliphatic heterocycles. The first-order valence-corrected chi connectivity index (χ1v) is 12.9. The Morgan fingerprint density at radius 3 is 2.41 bits per heavy atom. The van der Waals surface area contributed by atoms with Gasteiger partial charge in [-0.1, -0.05) is 30.7 Å². The van der Waals surface area contributed by atoms with Gasteiger partial charge in [-0.25, -0.2) is 0 Å². The lowest BCUT2D eigenvalue weighted by molar-refractivity contribution is -0.135. The number of nitrogens with one attached hydrogen (secondary N) is 3. The van der Waals surface area contributed by atoms with Crippen LogP contribution in [0.4, 0.5) is 0 Å². The summed E-state index contributed by atoms with van der Waals surface area (Å²) in [5, 5.41) is 26.9. The molecule has 208 valence electrons. The second-order valence-corrected chi connectivity index (χ2v) is 9.59. The summed E-state index contributed by atoms with van der Waals surface area (Å²) in [7, 11) is 0. The molecular formula is C27H32ClN4O7+. The molecule has 0 spiro atoms.